The van der Waals surface area contributed by atoms with E-state index in [1.807, 2.05) is 29.2 Å². The Morgan fingerprint density at radius 1 is 1.07 bits per heavy atom. The van der Waals surface area contributed by atoms with Gasteiger partial charge in [0.25, 0.3) is 11.8 Å². The lowest BCUT2D eigenvalue weighted by molar-refractivity contribution is 0.00633. The highest BCUT2D eigenvalue weighted by Crippen LogP contribution is 2.23. The van der Waals surface area contributed by atoms with E-state index in [2.05, 4.69) is 5.32 Å². The van der Waals surface area contributed by atoms with E-state index in [4.69, 9.17) is 4.74 Å². The molecule has 2 heterocycles. The van der Waals surface area contributed by atoms with Gasteiger partial charge in [-0.1, -0.05) is 12.1 Å². The smallest absolute Gasteiger partial charge is 0.261 e. The lowest BCUT2D eigenvalue weighted by atomic mass is 10.1. The van der Waals surface area contributed by atoms with Gasteiger partial charge < -0.3 is 25.2 Å². The zero-order valence-corrected chi connectivity index (χ0v) is 15.8. The van der Waals surface area contributed by atoms with Crippen molar-refractivity contribution in [3.05, 3.63) is 59.7 Å². The minimum Gasteiger partial charge on any atom is -0.389 e. The Bertz CT molecular complexity index is 866. The van der Waals surface area contributed by atoms with E-state index in [0.29, 0.717) is 24.3 Å². The van der Waals surface area contributed by atoms with Gasteiger partial charge in [-0.05, 0) is 36.4 Å². The van der Waals surface area contributed by atoms with Crippen LogP contribution < -0.4 is 10.2 Å². The summed E-state index contributed by atoms with van der Waals surface area (Å²) in [5.74, 6) is -0.754. The molecule has 2 aromatic rings. The highest BCUT2D eigenvalue weighted by molar-refractivity contribution is 6.21. The molecule has 2 unspecified atom stereocenters. The number of morpholine rings is 1. The van der Waals surface area contributed by atoms with Gasteiger partial charge in [-0.2, -0.15) is 0 Å². The highest BCUT2D eigenvalue weighted by atomic mass is 16.5. The molecular weight excluding hydrogens is 374 g/mol. The predicted molar refractivity (Wildman–Crippen MR) is 107 cm³/mol. The second kappa shape index (κ2) is 8.20. The molecule has 2 aliphatic rings. The minimum atomic E-state index is -0.905. The Morgan fingerprint density at radius 2 is 1.72 bits per heavy atom. The first-order valence-electron chi connectivity index (χ1n) is 9.54. The molecule has 2 aliphatic heterocycles. The third kappa shape index (κ3) is 3.95. The first kappa shape index (κ1) is 19.4. The fraction of sp³-hybridized carbons (Fsp3) is 0.333. The number of aliphatic hydroxyl groups is 2. The van der Waals surface area contributed by atoms with Crippen LogP contribution in [0.25, 0.3) is 0 Å². The molecule has 1 fully saturated rings. The second-order valence-corrected chi connectivity index (χ2v) is 7.10. The summed E-state index contributed by atoms with van der Waals surface area (Å²) in [7, 11) is 0. The van der Waals surface area contributed by atoms with E-state index in [0.717, 1.165) is 16.3 Å². The molecule has 2 atom stereocenters. The maximum Gasteiger partial charge on any atom is 0.261 e. The molecule has 0 saturated carbocycles. The van der Waals surface area contributed by atoms with Crippen molar-refractivity contribution < 1.29 is 24.5 Å². The van der Waals surface area contributed by atoms with Crippen LogP contribution in [0.15, 0.2) is 48.5 Å². The van der Waals surface area contributed by atoms with Crippen LogP contribution in [0, 0.1) is 0 Å². The Labute approximate surface area is 168 Å². The number of aliphatic hydroxyl groups excluding tert-OH is 2. The monoisotopic (exact) mass is 397 g/mol. The Hall–Kier alpha value is -2.94. The molecule has 2 aromatic carbocycles. The summed E-state index contributed by atoms with van der Waals surface area (Å²) in [4.78, 5) is 27.7. The van der Waals surface area contributed by atoms with Crippen molar-refractivity contribution >= 4 is 23.2 Å². The molecule has 1 saturated heterocycles. The third-order valence-corrected chi connectivity index (χ3v) is 5.12. The maximum atomic E-state index is 12.4. The molecule has 8 heteroatoms. The number of carbonyl (C=O) groups excluding carboxylic acids is 2. The minimum absolute atomic E-state index is 0.0720. The summed E-state index contributed by atoms with van der Waals surface area (Å²) < 4.78 is 5.23. The number of hydrogen-bond donors (Lipinski definition) is 3. The number of hydrogen-bond acceptors (Lipinski definition) is 7. The lowest BCUT2D eigenvalue weighted by Crippen LogP contribution is -2.45. The van der Waals surface area contributed by atoms with Gasteiger partial charge in [0.05, 0.1) is 37.0 Å². The maximum absolute atomic E-state index is 12.4. The van der Waals surface area contributed by atoms with Gasteiger partial charge in [-0.3, -0.25) is 14.5 Å². The highest BCUT2D eigenvalue weighted by Gasteiger charge is 2.36. The largest absolute Gasteiger partial charge is 0.389 e. The number of nitrogens with zero attached hydrogens (tertiary/aromatic N) is 2. The number of anilines is 2. The zero-order valence-electron chi connectivity index (χ0n) is 15.8. The number of β-amino-alcohol motifs (C(OH)–C–C–N with tert-alkyl or cyclic N) is 1. The van der Waals surface area contributed by atoms with Crippen LogP contribution in [0.2, 0.25) is 0 Å². The van der Waals surface area contributed by atoms with Crippen LogP contribution in [0.1, 0.15) is 20.7 Å². The van der Waals surface area contributed by atoms with E-state index in [-0.39, 0.29) is 31.5 Å². The summed E-state index contributed by atoms with van der Waals surface area (Å²) in [5.41, 5.74) is 2.42. The van der Waals surface area contributed by atoms with Crippen molar-refractivity contribution in [1.29, 1.82) is 0 Å². The van der Waals surface area contributed by atoms with E-state index in [9.17, 15) is 19.8 Å². The second-order valence-electron chi connectivity index (χ2n) is 7.10. The van der Waals surface area contributed by atoms with Crippen LogP contribution in [-0.4, -0.2) is 72.1 Å². The molecule has 8 nitrogen and oxygen atoms in total. The molecular formula is C21H23N3O5. The lowest BCUT2D eigenvalue weighted by Gasteiger charge is -2.33. The van der Waals surface area contributed by atoms with Crippen LogP contribution in [-0.2, 0) is 4.74 Å². The molecule has 152 valence electrons. The fourth-order valence-electron chi connectivity index (χ4n) is 3.58. The van der Waals surface area contributed by atoms with Crippen molar-refractivity contribution in [1.82, 2.24) is 4.90 Å². The zero-order chi connectivity index (χ0) is 20.4. The normalized spacial score (nSPS) is 20.0. The van der Waals surface area contributed by atoms with E-state index < -0.39 is 12.3 Å². The molecule has 3 N–H and O–H groups in total. The Kier molecular flexibility index (Phi) is 5.48. The Morgan fingerprint density at radius 3 is 2.34 bits per heavy atom. The van der Waals surface area contributed by atoms with Crippen LogP contribution in [0.3, 0.4) is 0 Å². The summed E-state index contributed by atoms with van der Waals surface area (Å²) >= 11 is 0. The molecule has 0 radical (unpaired) electrons. The quantitative estimate of drug-likeness (QED) is 0.623. The Balaban J connectivity index is 1.32. The number of rotatable bonds is 6. The summed E-state index contributed by atoms with van der Waals surface area (Å²) in [6.07, 6.45) is -1.57. The van der Waals surface area contributed by atoms with Gasteiger partial charge in [0.15, 0.2) is 6.23 Å². The average molecular weight is 397 g/mol. The van der Waals surface area contributed by atoms with E-state index in [1.165, 1.54) is 0 Å². The van der Waals surface area contributed by atoms with Crippen molar-refractivity contribution in [3.8, 4) is 0 Å². The number of carbonyl (C=O) groups is 2. The van der Waals surface area contributed by atoms with Gasteiger partial charge in [0.1, 0.15) is 0 Å². The van der Waals surface area contributed by atoms with Crippen LogP contribution >= 0.6 is 0 Å². The van der Waals surface area contributed by atoms with Crippen molar-refractivity contribution in [3.63, 3.8) is 0 Å². The van der Waals surface area contributed by atoms with Gasteiger partial charge in [0.2, 0.25) is 0 Å². The van der Waals surface area contributed by atoms with Crippen molar-refractivity contribution in [2.24, 2.45) is 0 Å². The molecule has 0 spiro atoms. The van der Waals surface area contributed by atoms with Crippen molar-refractivity contribution in [2.45, 2.75) is 12.3 Å². The van der Waals surface area contributed by atoms with Crippen molar-refractivity contribution in [2.75, 3.05) is 43.1 Å². The fourth-order valence-corrected chi connectivity index (χ4v) is 3.58. The van der Waals surface area contributed by atoms with Crippen LogP contribution in [0.5, 0.6) is 0 Å². The van der Waals surface area contributed by atoms with E-state index >= 15 is 0 Å². The molecule has 0 aliphatic carbocycles. The molecule has 2 amide bonds. The average Bonchev–Trinajstić information content (AvgIpc) is 2.98. The van der Waals surface area contributed by atoms with Gasteiger partial charge >= 0.3 is 0 Å². The topological polar surface area (TPSA) is 102 Å². The SMILES string of the molecule is O=C1c2ccccc2C(=O)N1CC(O)CNc1ccc(N2CCOCC2O)cc1. The van der Waals surface area contributed by atoms with Gasteiger partial charge in [-0.25, -0.2) is 0 Å². The molecule has 0 bridgehead atoms. The first-order chi connectivity index (χ1) is 14.0. The third-order valence-electron chi connectivity index (χ3n) is 5.12. The number of fused-ring (bicyclic) bond motifs is 1. The number of imide groups is 1. The molecule has 0 aromatic heterocycles. The summed E-state index contributed by atoms with van der Waals surface area (Å²) in [6.45, 7) is 1.59. The number of benzene rings is 2. The van der Waals surface area contributed by atoms with Gasteiger partial charge in [-0.15, -0.1) is 0 Å². The summed E-state index contributed by atoms with van der Waals surface area (Å²) in [5, 5.41) is 23.4. The summed E-state index contributed by atoms with van der Waals surface area (Å²) in [6, 6.07) is 14.1. The number of amides is 2. The first-order valence-corrected chi connectivity index (χ1v) is 9.54. The molecule has 4 rings (SSSR count). The van der Waals surface area contributed by atoms with Crippen LogP contribution in [0.4, 0.5) is 11.4 Å². The van der Waals surface area contributed by atoms with E-state index in [1.54, 1.807) is 24.3 Å². The van der Waals surface area contributed by atoms with Gasteiger partial charge in [0, 0.05) is 24.5 Å². The predicted octanol–water partition coefficient (Wildman–Crippen LogP) is 0.911. The molecule has 29 heavy (non-hydrogen) atoms. The number of ether oxygens (including phenoxy) is 1. The standard InChI is InChI=1S/C21H23N3O5/c25-16(12-24-20(27)17-3-1-2-4-18(17)21(24)28)11-22-14-5-7-15(8-6-14)23-9-10-29-13-19(23)26/h1-8,16,19,22,25-26H,9-13H2. The number of nitrogens with one attached hydrogen (secondary N) is 1.